The highest BCUT2D eigenvalue weighted by atomic mass is 16.5. The highest BCUT2D eigenvalue weighted by molar-refractivity contribution is 5.87. The first-order valence-corrected chi connectivity index (χ1v) is 7.51. The van der Waals surface area contributed by atoms with Crippen LogP contribution < -0.4 is 0 Å². The first-order valence-electron chi connectivity index (χ1n) is 7.51. The largest absolute Gasteiger partial charge is 0.463 e. The van der Waals surface area contributed by atoms with Crippen molar-refractivity contribution in [1.29, 1.82) is 0 Å². The fourth-order valence-electron chi connectivity index (χ4n) is 2.98. The van der Waals surface area contributed by atoms with Gasteiger partial charge in [-0.25, -0.2) is 4.79 Å². The maximum Gasteiger partial charge on any atom is 0.330 e. The number of carbonyl (C=O) groups excluding carboxylic acids is 2. The van der Waals surface area contributed by atoms with E-state index in [9.17, 15) is 14.7 Å². The minimum atomic E-state index is -0.752. The second-order valence-electron chi connectivity index (χ2n) is 6.01. The van der Waals surface area contributed by atoms with Crippen molar-refractivity contribution in [3.63, 3.8) is 0 Å². The number of aliphatic hydroxyl groups excluding tert-OH is 1. The van der Waals surface area contributed by atoms with Gasteiger partial charge in [-0.1, -0.05) is 11.6 Å². The van der Waals surface area contributed by atoms with Gasteiger partial charge < -0.3 is 9.84 Å². The zero-order valence-corrected chi connectivity index (χ0v) is 13.2. The maximum absolute atomic E-state index is 12.2. The summed E-state index contributed by atoms with van der Waals surface area (Å²) in [6.45, 7) is 9.59. The van der Waals surface area contributed by atoms with Crippen molar-refractivity contribution in [2.45, 2.75) is 52.6 Å². The molecule has 118 valence electrons. The van der Waals surface area contributed by atoms with Crippen molar-refractivity contribution in [1.82, 2.24) is 0 Å². The Hall–Kier alpha value is -1.42. The van der Waals surface area contributed by atoms with Crippen LogP contribution in [0, 0.1) is 11.3 Å². The Bertz CT molecular complexity index is 438. The second-order valence-corrected chi connectivity index (χ2v) is 6.01. The molecule has 0 radical (unpaired) electrons. The second kappa shape index (κ2) is 7.55. The van der Waals surface area contributed by atoms with Gasteiger partial charge in [0.2, 0.25) is 0 Å². The van der Waals surface area contributed by atoms with Crippen LogP contribution in [-0.4, -0.2) is 29.6 Å². The van der Waals surface area contributed by atoms with Gasteiger partial charge in [0.25, 0.3) is 0 Å². The first kappa shape index (κ1) is 17.6. The molecule has 0 amide bonds. The van der Waals surface area contributed by atoms with Crippen LogP contribution in [0.25, 0.3) is 0 Å². The standard InChI is InChI=1S/C17H26O4/c1-5-21-16(20)8-6-7-13-9-10-14(18)17(13,4)15(19)11-12(2)3/h6,8,13,15,19H,2,5,7,9-11H2,1,3-4H3/b8-6+/t13-,15+,17+/m1/s1. The summed E-state index contributed by atoms with van der Waals surface area (Å²) in [5.74, 6) is -0.221. The molecule has 1 fully saturated rings. The molecule has 0 bridgehead atoms. The van der Waals surface area contributed by atoms with E-state index in [1.165, 1.54) is 6.08 Å². The van der Waals surface area contributed by atoms with Gasteiger partial charge in [-0.3, -0.25) is 4.79 Å². The Morgan fingerprint density at radius 1 is 1.62 bits per heavy atom. The summed E-state index contributed by atoms with van der Waals surface area (Å²) in [6, 6.07) is 0. The number of hydrogen-bond donors (Lipinski definition) is 1. The lowest BCUT2D eigenvalue weighted by Crippen LogP contribution is -2.41. The summed E-state index contributed by atoms with van der Waals surface area (Å²) in [5, 5.41) is 10.4. The third-order valence-corrected chi connectivity index (χ3v) is 4.36. The third kappa shape index (κ3) is 4.27. The monoisotopic (exact) mass is 294 g/mol. The van der Waals surface area contributed by atoms with Crippen molar-refractivity contribution in [2.24, 2.45) is 11.3 Å². The van der Waals surface area contributed by atoms with Crippen molar-refractivity contribution in [3.05, 3.63) is 24.3 Å². The van der Waals surface area contributed by atoms with E-state index in [1.54, 1.807) is 13.0 Å². The minimum Gasteiger partial charge on any atom is -0.463 e. The van der Waals surface area contributed by atoms with E-state index in [-0.39, 0.29) is 17.7 Å². The van der Waals surface area contributed by atoms with E-state index in [0.29, 0.717) is 25.9 Å². The smallest absolute Gasteiger partial charge is 0.330 e. The molecule has 4 nitrogen and oxygen atoms in total. The molecule has 21 heavy (non-hydrogen) atoms. The summed E-state index contributed by atoms with van der Waals surface area (Å²) in [5.41, 5.74) is 0.113. The summed E-state index contributed by atoms with van der Waals surface area (Å²) < 4.78 is 4.83. The van der Waals surface area contributed by atoms with Gasteiger partial charge in [-0.05, 0) is 46.0 Å². The van der Waals surface area contributed by atoms with E-state index < -0.39 is 11.5 Å². The summed E-state index contributed by atoms with van der Waals surface area (Å²) in [6.07, 6.45) is 4.68. The van der Waals surface area contributed by atoms with Crippen LogP contribution in [-0.2, 0) is 14.3 Å². The summed E-state index contributed by atoms with van der Waals surface area (Å²) in [7, 11) is 0. The molecule has 0 aromatic rings. The van der Waals surface area contributed by atoms with Crippen LogP contribution in [0.3, 0.4) is 0 Å². The lowest BCUT2D eigenvalue weighted by Gasteiger charge is -2.34. The number of ketones is 1. The third-order valence-electron chi connectivity index (χ3n) is 4.36. The van der Waals surface area contributed by atoms with E-state index in [2.05, 4.69) is 6.58 Å². The molecular weight excluding hydrogens is 268 g/mol. The molecule has 1 aliphatic rings. The van der Waals surface area contributed by atoms with E-state index in [0.717, 1.165) is 12.0 Å². The topological polar surface area (TPSA) is 63.6 Å². The number of Topliss-reactive ketones (excluding diaryl/α,β-unsaturated/α-hetero) is 1. The molecule has 0 aliphatic heterocycles. The van der Waals surface area contributed by atoms with Crippen LogP contribution in [0.1, 0.15) is 46.5 Å². The summed E-state index contributed by atoms with van der Waals surface area (Å²) >= 11 is 0. The molecule has 0 spiro atoms. The Labute approximate surface area is 126 Å². The van der Waals surface area contributed by atoms with Crippen LogP contribution in [0.4, 0.5) is 0 Å². The molecular formula is C17H26O4. The maximum atomic E-state index is 12.2. The van der Waals surface area contributed by atoms with Crippen LogP contribution in [0.5, 0.6) is 0 Å². The fraction of sp³-hybridized carbons (Fsp3) is 0.647. The van der Waals surface area contributed by atoms with Gasteiger partial charge in [0.05, 0.1) is 18.1 Å². The Morgan fingerprint density at radius 3 is 2.86 bits per heavy atom. The lowest BCUT2D eigenvalue weighted by atomic mass is 9.71. The highest BCUT2D eigenvalue weighted by Gasteiger charge is 2.49. The van der Waals surface area contributed by atoms with Crippen molar-refractivity contribution >= 4 is 11.8 Å². The minimum absolute atomic E-state index is 0.0463. The van der Waals surface area contributed by atoms with Gasteiger partial charge in [-0.2, -0.15) is 0 Å². The highest BCUT2D eigenvalue weighted by Crippen LogP contribution is 2.46. The van der Waals surface area contributed by atoms with Crippen LogP contribution in [0.15, 0.2) is 24.3 Å². The number of hydrogen-bond acceptors (Lipinski definition) is 4. The Balaban J connectivity index is 2.74. The van der Waals surface area contributed by atoms with Gasteiger partial charge in [0, 0.05) is 12.5 Å². The van der Waals surface area contributed by atoms with Crippen molar-refractivity contribution in [3.8, 4) is 0 Å². The Morgan fingerprint density at radius 2 is 2.29 bits per heavy atom. The molecule has 0 unspecified atom stereocenters. The normalized spacial score (nSPS) is 27.0. The van der Waals surface area contributed by atoms with Crippen molar-refractivity contribution in [2.75, 3.05) is 6.61 Å². The lowest BCUT2D eigenvalue weighted by molar-refractivity contribution is -0.137. The number of carbonyl (C=O) groups is 2. The molecule has 4 heteroatoms. The van der Waals surface area contributed by atoms with Crippen molar-refractivity contribution < 1.29 is 19.4 Å². The Kier molecular flexibility index (Phi) is 6.34. The quantitative estimate of drug-likeness (QED) is 0.445. The summed E-state index contributed by atoms with van der Waals surface area (Å²) in [4.78, 5) is 23.5. The fourth-order valence-corrected chi connectivity index (χ4v) is 2.98. The molecule has 1 aliphatic carbocycles. The van der Waals surface area contributed by atoms with Crippen LogP contribution in [0.2, 0.25) is 0 Å². The molecule has 1 N–H and O–H groups in total. The number of ether oxygens (including phenoxy) is 1. The average Bonchev–Trinajstić information content (AvgIpc) is 2.67. The molecule has 0 aromatic heterocycles. The van der Waals surface area contributed by atoms with Gasteiger partial charge in [-0.15, -0.1) is 6.58 Å². The molecule has 0 heterocycles. The van der Waals surface area contributed by atoms with Gasteiger partial charge in [0.15, 0.2) is 0 Å². The number of rotatable bonds is 7. The van der Waals surface area contributed by atoms with Gasteiger partial charge >= 0.3 is 5.97 Å². The molecule has 3 atom stereocenters. The molecule has 1 rings (SSSR count). The average molecular weight is 294 g/mol. The molecule has 1 saturated carbocycles. The van der Waals surface area contributed by atoms with Gasteiger partial charge in [0.1, 0.15) is 5.78 Å². The SMILES string of the molecule is C=C(C)C[C@H](O)[C@]1(C)C(=O)CC[C@H]1C/C=C/C(=O)OCC. The molecule has 0 saturated heterocycles. The zero-order chi connectivity index (χ0) is 16.0. The van der Waals surface area contributed by atoms with E-state index >= 15 is 0 Å². The predicted molar refractivity (Wildman–Crippen MR) is 81.7 cm³/mol. The van der Waals surface area contributed by atoms with E-state index in [4.69, 9.17) is 4.74 Å². The number of allylic oxidation sites excluding steroid dienone is 1. The predicted octanol–water partition coefficient (Wildman–Crippen LogP) is 2.81. The van der Waals surface area contributed by atoms with Crippen LogP contribution >= 0.6 is 0 Å². The molecule has 0 aromatic carbocycles. The zero-order valence-electron chi connectivity index (χ0n) is 13.2. The number of aliphatic hydroxyl groups is 1. The first-order chi connectivity index (χ1) is 9.82. The van der Waals surface area contributed by atoms with E-state index in [1.807, 2.05) is 13.8 Å². The number of esters is 1.